The molecule has 2 atom stereocenters. The van der Waals surface area contributed by atoms with Crippen molar-refractivity contribution >= 4 is 28.8 Å². The summed E-state index contributed by atoms with van der Waals surface area (Å²) in [5, 5.41) is 7.75. The van der Waals surface area contributed by atoms with Crippen LogP contribution < -0.4 is 10.6 Å². The van der Waals surface area contributed by atoms with E-state index in [2.05, 4.69) is 20.4 Å². The standard InChI is InChI=1S/C21H27FN4O2S/c1-15(20(27)23-14-19-7-4-12-29-19)25-8-10-26(11-9-25)16(2)21(28)24-18-6-3-5-17(22)13-18/h3-7,12-13,15-16H,8-11,14H2,1-2H3,(H,23,27)(H,24,28). The number of hydrogen-bond acceptors (Lipinski definition) is 5. The van der Waals surface area contributed by atoms with Crippen LogP contribution in [0, 0.1) is 5.82 Å². The summed E-state index contributed by atoms with van der Waals surface area (Å²) in [5.41, 5.74) is 0.455. The van der Waals surface area contributed by atoms with Crippen LogP contribution in [0.2, 0.25) is 0 Å². The molecule has 2 N–H and O–H groups in total. The molecule has 0 saturated carbocycles. The molecule has 0 aliphatic carbocycles. The van der Waals surface area contributed by atoms with Crippen molar-refractivity contribution in [3.05, 3.63) is 52.5 Å². The van der Waals surface area contributed by atoms with Crippen LogP contribution >= 0.6 is 11.3 Å². The predicted octanol–water partition coefficient (Wildman–Crippen LogP) is 2.54. The number of nitrogens with zero attached hydrogens (tertiary/aromatic N) is 2. The molecule has 1 aromatic heterocycles. The molecule has 2 aromatic rings. The molecule has 0 spiro atoms. The highest BCUT2D eigenvalue weighted by atomic mass is 32.1. The zero-order chi connectivity index (χ0) is 20.8. The normalized spacial score (nSPS) is 17.5. The molecule has 2 amide bonds. The van der Waals surface area contributed by atoms with E-state index in [9.17, 15) is 14.0 Å². The van der Waals surface area contributed by atoms with Crippen molar-refractivity contribution < 1.29 is 14.0 Å². The molecule has 1 aliphatic heterocycles. The average molecular weight is 419 g/mol. The van der Waals surface area contributed by atoms with E-state index < -0.39 is 0 Å². The van der Waals surface area contributed by atoms with Gasteiger partial charge in [0.2, 0.25) is 11.8 Å². The molecule has 1 aliphatic rings. The van der Waals surface area contributed by atoms with E-state index in [-0.39, 0.29) is 29.7 Å². The predicted molar refractivity (Wildman–Crippen MR) is 113 cm³/mol. The maximum atomic E-state index is 13.3. The first-order chi connectivity index (χ1) is 13.9. The molecule has 0 radical (unpaired) electrons. The summed E-state index contributed by atoms with van der Waals surface area (Å²) in [5.74, 6) is -0.523. The van der Waals surface area contributed by atoms with Gasteiger partial charge in [0.1, 0.15) is 5.82 Å². The number of anilines is 1. The third-order valence-electron chi connectivity index (χ3n) is 5.31. The van der Waals surface area contributed by atoms with E-state index in [0.717, 1.165) is 4.88 Å². The molecular formula is C21H27FN4O2S. The second-order valence-electron chi connectivity index (χ2n) is 7.22. The minimum atomic E-state index is -0.379. The van der Waals surface area contributed by atoms with Gasteiger partial charge in [-0.3, -0.25) is 19.4 Å². The Morgan fingerprint density at radius 3 is 2.28 bits per heavy atom. The molecule has 2 unspecified atom stereocenters. The van der Waals surface area contributed by atoms with Crippen molar-refractivity contribution in [2.75, 3.05) is 31.5 Å². The molecular weight excluding hydrogens is 391 g/mol. The van der Waals surface area contributed by atoms with Gasteiger partial charge in [-0.2, -0.15) is 0 Å². The van der Waals surface area contributed by atoms with E-state index in [0.29, 0.717) is 38.4 Å². The SMILES string of the molecule is CC(C(=O)NCc1cccs1)N1CCN(C(C)C(=O)Nc2cccc(F)c2)CC1. The Bertz CT molecular complexity index is 822. The van der Waals surface area contributed by atoms with Crippen LogP contribution in [0.3, 0.4) is 0 Å². The quantitative estimate of drug-likeness (QED) is 0.725. The smallest absolute Gasteiger partial charge is 0.241 e. The zero-order valence-corrected chi connectivity index (χ0v) is 17.5. The minimum absolute atomic E-state index is 0.0174. The third kappa shape index (κ3) is 5.85. The Balaban J connectivity index is 1.45. The fourth-order valence-electron chi connectivity index (χ4n) is 3.39. The van der Waals surface area contributed by atoms with Crippen molar-refractivity contribution in [3.63, 3.8) is 0 Å². The largest absolute Gasteiger partial charge is 0.350 e. The number of benzene rings is 1. The lowest BCUT2D eigenvalue weighted by molar-refractivity contribution is -0.128. The number of carbonyl (C=O) groups excluding carboxylic acids is 2. The monoisotopic (exact) mass is 418 g/mol. The van der Waals surface area contributed by atoms with E-state index in [1.807, 2.05) is 31.4 Å². The van der Waals surface area contributed by atoms with Gasteiger partial charge in [-0.1, -0.05) is 12.1 Å². The van der Waals surface area contributed by atoms with Crippen LogP contribution in [0.15, 0.2) is 41.8 Å². The van der Waals surface area contributed by atoms with Gasteiger partial charge in [-0.05, 0) is 43.5 Å². The Hall–Kier alpha value is -2.29. The van der Waals surface area contributed by atoms with Gasteiger partial charge in [0.05, 0.1) is 18.6 Å². The van der Waals surface area contributed by atoms with Gasteiger partial charge < -0.3 is 10.6 Å². The summed E-state index contributed by atoms with van der Waals surface area (Å²) < 4.78 is 13.3. The highest BCUT2D eigenvalue weighted by molar-refractivity contribution is 7.09. The Labute approximate surface area is 174 Å². The summed E-state index contributed by atoms with van der Waals surface area (Å²) in [4.78, 5) is 30.3. The summed E-state index contributed by atoms with van der Waals surface area (Å²) in [6.07, 6.45) is 0. The molecule has 2 heterocycles. The van der Waals surface area contributed by atoms with Gasteiger partial charge in [0.25, 0.3) is 0 Å². The van der Waals surface area contributed by atoms with Crippen molar-refractivity contribution in [2.24, 2.45) is 0 Å². The average Bonchev–Trinajstić information content (AvgIpc) is 3.24. The number of rotatable bonds is 7. The number of amides is 2. The van der Waals surface area contributed by atoms with Crippen molar-refractivity contribution in [3.8, 4) is 0 Å². The first-order valence-electron chi connectivity index (χ1n) is 9.78. The fourth-order valence-corrected chi connectivity index (χ4v) is 4.04. The molecule has 1 saturated heterocycles. The lowest BCUT2D eigenvalue weighted by Crippen LogP contribution is -2.57. The van der Waals surface area contributed by atoms with E-state index in [4.69, 9.17) is 0 Å². The second kappa shape index (κ2) is 9.96. The van der Waals surface area contributed by atoms with E-state index >= 15 is 0 Å². The molecule has 1 aromatic carbocycles. The van der Waals surface area contributed by atoms with Crippen LogP contribution in [0.25, 0.3) is 0 Å². The van der Waals surface area contributed by atoms with Crippen LogP contribution in [0.4, 0.5) is 10.1 Å². The molecule has 3 rings (SSSR count). The molecule has 0 bridgehead atoms. The highest BCUT2D eigenvalue weighted by Crippen LogP contribution is 2.14. The molecule has 8 heteroatoms. The molecule has 156 valence electrons. The summed E-state index contributed by atoms with van der Waals surface area (Å²) in [6.45, 7) is 7.13. The number of piperazine rings is 1. The summed E-state index contributed by atoms with van der Waals surface area (Å²) >= 11 is 1.63. The lowest BCUT2D eigenvalue weighted by Gasteiger charge is -2.39. The van der Waals surface area contributed by atoms with Gasteiger partial charge in [0.15, 0.2) is 0 Å². The second-order valence-corrected chi connectivity index (χ2v) is 8.25. The van der Waals surface area contributed by atoms with E-state index in [1.165, 1.54) is 12.1 Å². The zero-order valence-electron chi connectivity index (χ0n) is 16.7. The topological polar surface area (TPSA) is 64.7 Å². The Morgan fingerprint density at radius 2 is 1.69 bits per heavy atom. The van der Waals surface area contributed by atoms with Crippen LogP contribution in [0.1, 0.15) is 18.7 Å². The minimum Gasteiger partial charge on any atom is -0.350 e. The Kier molecular flexibility index (Phi) is 7.35. The van der Waals surface area contributed by atoms with Gasteiger partial charge >= 0.3 is 0 Å². The van der Waals surface area contributed by atoms with Crippen LogP contribution in [0.5, 0.6) is 0 Å². The van der Waals surface area contributed by atoms with Crippen LogP contribution in [-0.2, 0) is 16.1 Å². The maximum Gasteiger partial charge on any atom is 0.241 e. The fraction of sp³-hybridized carbons (Fsp3) is 0.429. The van der Waals surface area contributed by atoms with Crippen molar-refractivity contribution in [1.29, 1.82) is 0 Å². The first kappa shape index (κ1) is 21.4. The van der Waals surface area contributed by atoms with Crippen molar-refractivity contribution in [2.45, 2.75) is 32.5 Å². The van der Waals surface area contributed by atoms with Crippen molar-refractivity contribution in [1.82, 2.24) is 15.1 Å². The molecule has 6 nitrogen and oxygen atoms in total. The lowest BCUT2D eigenvalue weighted by atomic mass is 10.1. The van der Waals surface area contributed by atoms with Gasteiger partial charge in [-0.25, -0.2) is 4.39 Å². The number of thiophene rings is 1. The number of halogens is 1. The van der Waals surface area contributed by atoms with E-state index in [1.54, 1.807) is 23.5 Å². The Morgan fingerprint density at radius 1 is 1.03 bits per heavy atom. The van der Waals surface area contributed by atoms with Crippen LogP contribution in [-0.4, -0.2) is 59.9 Å². The maximum absolute atomic E-state index is 13.3. The third-order valence-corrected chi connectivity index (χ3v) is 6.19. The highest BCUT2D eigenvalue weighted by Gasteiger charge is 2.29. The number of carbonyl (C=O) groups is 2. The summed E-state index contributed by atoms with van der Waals surface area (Å²) in [6, 6.07) is 9.32. The number of hydrogen-bond donors (Lipinski definition) is 2. The molecule has 1 fully saturated rings. The molecule has 29 heavy (non-hydrogen) atoms. The van der Waals surface area contributed by atoms with Gasteiger partial charge in [0, 0.05) is 36.7 Å². The first-order valence-corrected chi connectivity index (χ1v) is 10.7. The van der Waals surface area contributed by atoms with Gasteiger partial charge in [-0.15, -0.1) is 11.3 Å². The summed E-state index contributed by atoms with van der Waals surface area (Å²) in [7, 11) is 0. The number of nitrogens with one attached hydrogen (secondary N) is 2.